The lowest BCUT2D eigenvalue weighted by Gasteiger charge is -2.27. The standard InChI is InChI=1S/C12H28N2/c1-5-11(6-2)8-14-10-12(4,7-3)9-13/h11,14H,5-10,13H2,1-4H3. The van der Waals surface area contributed by atoms with E-state index in [2.05, 4.69) is 33.0 Å². The normalized spacial score (nSPS) is 15.9. The molecule has 0 heterocycles. The monoisotopic (exact) mass is 200 g/mol. The summed E-state index contributed by atoms with van der Waals surface area (Å²) < 4.78 is 0. The molecule has 0 bridgehead atoms. The fourth-order valence-electron chi connectivity index (χ4n) is 1.50. The van der Waals surface area contributed by atoms with Gasteiger partial charge in [0.2, 0.25) is 0 Å². The van der Waals surface area contributed by atoms with E-state index in [1.807, 2.05) is 0 Å². The van der Waals surface area contributed by atoms with E-state index in [0.29, 0.717) is 0 Å². The molecule has 0 aliphatic rings. The predicted octanol–water partition coefficient (Wildman–Crippen LogP) is 2.39. The van der Waals surface area contributed by atoms with Gasteiger partial charge in [-0.25, -0.2) is 0 Å². The van der Waals surface area contributed by atoms with Crippen molar-refractivity contribution in [1.29, 1.82) is 0 Å². The minimum atomic E-state index is 0.284. The van der Waals surface area contributed by atoms with Crippen molar-refractivity contribution in [2.24, 2.45) is 17.1 Å². The van der Waals surface area contributed by atoms with Gasteiger partial charge in [0.25, 0.3) is 0 Å². The van der Waals surface area contributed by atoms with Crippen LogP contribution in [0.4, 0.5) is 0 Å². The molecule has 0 fully saturated rings. The maximum Gasteiger partial charge on any atom is 0.00173 e. The molecular formula is C12H28N2. The summed E-state index contributed by atoms with van der Waals surface area (Å²) in [7, 11) is 0. The smallest absolute Gasteiger partial charge is 0.00173 e. The number of nitrogens with two attached hydrogens (primary N) is 1. The third-order valence-corrected chi connectivity index (χ3v) is 3.49. The molecule has 86 valence electrons. The van der Waals surface area contributed by atoms with E-state index >= 15 is 0 Å². The molecule has 3 N–H and O–H groups in total. The molecule has 0 rings (SSSR count). The Labute approximate surface area is 89.6 Å². The van der Waals surface area contributed by atoms with Crippen molar-refractivity contribution in [3.63, 3.8) is 0 Å². The average Bonchev–Trinajstić information content (AvgIpc) is 2.24. The second-order valence-corrected chi connectivity index (χ2v) is 4.68. The van der Waals surface area contributed by atoms with E-state index in [0.717, 1.165) is 32.0 Å². The Hall–Kier alpha value is -0.0800. The predicted molar refractivity (Wildman–Crippen MR) is 64.4 cm³/mol. The van der Waals surface area contributed by atoms with Gasteiger partial charge in [-0.05, 0) is 30.8 Å². The molecule has 14 heavy (non-hydrogen) atoms. The third-order valence-electron chi connectivity index (χ3n) is 3.49. The Kier molecular flexibility index (Phi) is 7.20. The molecule has 0 aliphatic heterocycles. The first-order chi connectivity index (χ1) is 6.61. The Bertz CT molecular complexity index is 126. The maximum absolute atomic E-state index is 5.76. The van der Waals surface area contributed by atoms with E-state index in [1.54, 1.807) is 0 Å². The highest BCUT2D eigenvalue weighted by Crippen LogP contribution is 2.17. The highest BCUT2D eigenvalue weighted by atomic mass is 14.9. The quantitative estimate of drug-likeness (QED) is 0.631. The van der Waals surface area contributed by atoms with Gasteiger partial charge in [-0.15, -0.1) is 0 Å². The van der Waals surface area contributed by atoms with Crippen molar-refractivity contribution in [2.45, 2.75) is 47.0 Å². The van der Waals surface area contributed by atoms with Crippen LogP contribution in [0.2, 0.25) is 0 Å². The molecule has 0 saturated heterocycles. The topological polar surface area (TPSA) is 38.0 Å². The second-order valence-electron chi connectivity index (χ2n) is 4.68. The zero-order chi connectivity index (χ0) is 11.0. The van der Waals surface area contributed by atoms with Crippen molar-refractivity contribution < 1.29 is 0 Å². The molecule has 0 aliphatic carbocycles. The minimum absolute atomic E-state index is 0.284. The SMILES string of the molecule is CCC(CC)CNCC(C)(CC)CN. The zero-order valence-electron chi connectivity index (χ0n) is 10.4. The fourth-order valence-corrected chi connectivity index (χ4v) is 1.50. The summed E-state index contributed by atoms with van der Waals surface area (Å²) in [5, 5.41) is 3.55. The van der Waals surface area contributed by atoms with Crippen molar-refractivity contribution in [3.8, 4) is 0 Å². The summed E-state index contributed by atoms with van der Waals surface area (Å²) in [5.41, 5.74) is 6.04. The molecular weight excluding hydrogens is 172 g/mol. The largest absolute Gasteiger partial charge is 0.330 e. The second kappa shape index (κ2) is 7.24. The van der Waals surface area contributed by atoms with Crippen LogP contribution in [-0.2, 0) is 0 Å². The van der Waals surface area contributed by atoms with Crippen LogP contribution in [0.25, 0.3) is 0 Å². The van der Waals surface area contributed by atoms with Gasteiger partial charge in [-0.1, -0.05) is 40.5 Å². The molecule has 1 unspecified atom stereocenters. The first-order valence-corrected chi connectivity index (χ1v) is 6.02. The molecule has 2 heteroatoms. The summed E-state index contributed by atoms with van der Waals surface area (Å²) in [6.07, 6.45) is 3.70. The van der Waals surface area contributed by atoms with E-state index in [9.17, 15) is 0 Å². The Morgan fingerprint density at radius 3 is 2.14 bits per heavy atom. The van der Waals surface area contributed by atoms with Crippen LogP contribution < -0.4 is 11.1 Å². The lowest BCUT2D eigenvalue weighted by molar-refractivity contribution is 0.291. The van der Waals surface area contributed by atoms with Gasteiger partial charge in [0.15, 0.2) is 0 Å². The van der Waals surface area contributed by atoms with Crippen LogP contribution in [0.5, 0.6) is 0 Å². The highest BCUT2D eigenvalue weighted by molar-refractivity contribution is 4.76. The summed E-state index contributed by atoms with van der Waals surface area (Å²) in [5.74, 6) is 0.828. The zero-order valence-corrected chi connectivity index (χ0v) is 10.4. The van der Waals surface area contributed by atoms with Gasteiger partial charge in [0, 0.05) is 6.54 Å². The molecule has 1 atom stereocenters. The van der Waals surface area contributed by atoms with Crippen LogP contribution in [0, 0.1) is 11.3 Å². The Balaban J connectivity index is 3.70. The van der Waals surface area contributed by atoms with Crippen LogP contribution in [-0.4, -0.2) is 19.6 Å². The van der Waals surface area contributed by atoms with Crippen molar-refractivity contribution in [3.05, 3.63) is 0 Å². The van der Waals surface area contributed by atoms with Crippen molar-refractivity contribution in [1.82, 2.24) is 5.32 Å². The van der Waals surface area contributed by atoms with Crippen molar-refractivity contribution >= 4 is 0 Å². The van der Waals surface area contributed by atoms with Crippen molar-refractivity contribution in [2.75, 3.05) is 19.6 Å². The summed E-state index contributed by atoms with van der Waals surface area (Å²) in [6.45, 7) is 12.0. The molecule has 2 nitrogen and oxygen atoms in total. The van der Waals surface area contributed by atoms with Gasteiger partial charge in [0.1, 0.15) is 0 Å². The summed E-state index contributed by atoms with van der Waals surface area (Å²) in [6, 6.07) is 0. The molecule has 0 amide bonds. The van der Waals surface area contributed by atoms with Crippen LogP contribution in [0.1, 0.15) is 47.0 Å². The molecule has 0 radical (unpaired) electrons. The minimum Gasteiger partial charge on any atom is -0.330 e. The van der Waals surface area contributed by atoms with E-state index < -0.39 is 0 Å². The fraction of sp³-hybridized carbons (Fsp3) is 1.00. The molecule has 0 spiro atoms. The molecule has 0 aromatic rings. The number of hydrogen-bond donors (Lipinski definition) is 2. The first-order valence-electron chi connectivity index (χ1n) is 6.02. The molecule has 0 aromatic carbocycles. The van der Waals surface area contributed by atoms with Gasteiger partial charge in [-0.3, -0.25) is 0 Å². The maximum atomic E-state index is 5.76. The molecule has 0 saturated carbocycles. The lowest BCUT2D eigenvalue weighted by atomic mass is 9.87. The Morgan fingerprint density at radius 1 is 1.21 bits per heavy atom. The number of hydrogen-bond acceptors (Lipinski definition) is 2. The highest BCUT2D eigenvalue weighted by Gasteiger charge is 2.19. The average molecular weight is 200 g/mol. The van der Waals surface area contributed by atoms with Crippen LogP contribution in [0.15, 0.2) is 0 Å². The van der Waals surface area contributed by atoms with Crippen LogP contribution >= 0.6 is 0 Å². The molecule has 0 aromatic heterocycles. The van der Waals surface area contributed by atoms with E-state index in [1.165, 1.54) is 12.8 Å². The summed E-state index contributed by atoms with van der Waals surface area (Å²) in [4.78, 5) is 0. The Morgan fingerprint density at radius 2 is 1.79 bits per heavy atom. The lowest BCUT2D eigenvalue weighted by Crippen LogP contribution is -2.39. The number of nitrogens with one attached hydrogen (secondary N) is 1. The summed E-state index contributed by atoms with van der Waals surface area (Å²) >= 11 is 0. The van der Waals surface area contributed by atoms with Gasteiger partial charge < -0.3 is 11.1 Å². The van der Waals surface area contributed by atoms with E-state index in [4.69, 9.17) is 5.73 Å². The van der Waals surface area contributed by atoms with Crippen LogP contribution in [0.3, 0.4) is 0 Å². The third kappa shape index (κ3) is 4.97. The van der Waals surface area contributed by atoms with Gasteiger partial charge in [0.05, 0.1) is 0 Å². The first kappa shape index (κ1) is 13.9. The number of rotatable bonds is 8. The van der Waals surface area contributed by atoms with E-state index in [-0.39, 0.29) is 5.41 Å². The van der Waals surface area contributed by atoms with Gasteiger partial charge in [-0.2, -0.15) is 0 Å². The van der Waals surface area contributed by atoms with Gasteiger partial charge >= 0.3 is 0 Å².